The number of carboxylic acid groups (broad SMARTS) is 1. The van der Waals surface area contributed by atoms with Crippen LogP contribution in [0.1, 0.15) is 10.5 Å². The van der Waals surface area contributed by atoms with Crippen molar-refractivity contribution in [2.75, 3.05) is 0 Å². The van der Waals surface area contributed by atoms with Crippen LogP contribution in [0, 0.1) is 0 Å². The van der Waals surface area contributed by atoms with Gasteiger partial charge < -0.3 is 10.2 Å². The number of fused-ring (bicyclic) bond motifs is 1. The summed E-state index contributed by atoms with van der Waals surface area (Å²) in [6, 6.07) is 19.4. The maximum Gasteiger partial charge on any atom is 0.358 e. The predicted octanol–water partition coefficient (Wildman–Crippen LogP) is 3.92. The number of nitrogens with zero attached hydrogens (tertiary/aromatic N) is 5. The molecular weight excluding hydrogens is 394 g/mol. The monoisotopic (exact) mass is 409 g/mol. The van der Waals surface area contributed by atoms with Crippen molar-refractivity contribution in [3.8, 4) is 39.4 Å². The number of pyridine rings is 1. The molecule has 0 atom stereocenters. The second-order valence-corrected chi connectivity index (χ2v) is 6.81. The van der Waals surface area contributed by atoms with Crippen LogP contribution >= 0.6 is 0 Å². The molecule has 0 saturated heterocycles. The van der Waals surface area contributed by atoms with E-state index >= 15 is 0 Å². The first-order valence-electron chi connectivity index (χ1n) is 9.41. The van der Waals surface area contributed by atoms with Gasteiger partial charge in [-0.15, -0.1) is 10.2 Å². The number of phenols is 1. The molecule has 2 aromatic carbocycles. The van der Waals surface area contributed by atoms with Crippen molar-refractivity contribution in [3.05, 3.63) is 84.8 Å². The van der Waals surface area contributed by atoms with E-state index in [0.717, 1.165) is 5.56 Å². The highest BCUT2D eigenvalue weighted by molar-refractivity contribution is 5.96. The van der Waals surface area contributed by atoms with E-state index in [1.54, 1.807) is 42.7 Å². The number of rotatable bonds is 4. The van der Waals surface area contributed by atoms with E-state index in [1.165, 1.54) is 4.52 Å². The van der Waals surface area contributed by atoms with Gasteiger partial charge in [-0.3, -0.25) is 4.98 Å². The number of aromatic nitrogens is 5. The number of aromatic carboxylic acids is 1. The molecule has 0 unspecified atom stereocenters. The molecule has 0 fully saturated rings. The number of hydrogen-bond acceptors (Lipinski definition) is 6. The smallest absolute Gasteiger partial charge is 0.358 e. The number of aromatic hydroxyl groups is 1. The first-order valence-corrected chi connectivity index (χ1v) is 9.41. The Morgan fingerprint density at radius 1 is 0.839 bits per heavy atom. The van der Waals surface area contributed by atoms with Gasteiger partial charge >= 0.3 is 5.97 Å². The average molecular weight is 409 g/mol. The summed E-state index contributed by atoms with van der Waals surface area (Å²) in [5, 5.41) is 32.8. The normalized spacial score (nSPS) is 11.0. The molecule has 8 heteroatoms. The van der Waals surface area contributed by atoms with Crippen LogP contribution in [0.4, 0.5) is 0 Å². The largest absolute Gasteiger partial charge is 0.508 e. The van der Waals surface area contributed by atoms with Gasteiger partial charge in [0.2, 0.25) is 0 Å². The molecular formula is C23H15N5O3. The third kappa shape index (κ3) is 3.16. The number of carboxylic acids is 1. The molecule has 31 heavy (non-hydrogen) atoms. The minimum absolute atomic E-state index is 0.0935. The molecule has 0 radical (unpaired) electrons. The molecule has 150 valence electrons. The highest BCUT2D eigenvalue weighted by Crippen LogP contribution is 2.37. The van der Waals surface area contributed by atoms with Gasteiger partial charge in [0.25, 0.3) is 0 Å². The van der Waals surface area contributed by atoms with E-state index in [9.17, 15) is 15.0 Å². The standard InChI is InChI=1S/C23H15N5O3/c29-17-8-4-7-16(13-17)18-19(14-9-11-24-12-10-14)27-28-21(15-5-2-1-3-6-15)20(23(30)31)25-26-22(18)28/h1-13,29H,(H,30,31). The van der Waals surface area contributed by atoms with Gasteiger partial charge in [0.1, 0.15) is 17.1 Å². The lowest BCUT2D eigenvalue weighted by atomic mass is 10.0. The lowest BCUT2D eigenvalue weighted by Gasteiger charge is -2.08. The summed E-state index contributed by atoms with van der Waals surface area (Å²) in [4.78, 5) is 16.0. The Morgan fingerprint density at radius 2 is 1.58 bits per heavy atom. The second-order valence-electron chi connectivity index (χ2n) is 6.81. The number of benzene rings is 2. The Bertz CT molecular complexity index is 1420. The number of phenolic OH excluding ortho intramolecular Hbond substituents is 1. The van der Waals surface area contributed by atoms with Crippen LogP contribution in [-0.2, 0) is 0 Å². The van der Waals surface area contributed by atoms with Crippen LogP contribution in [0.2, 0.25) is 0 Å². The van der Waals surface area contributed by atoms with Crippen molar-refractivity contribution in [2.24, 2.45) is 0 Å². The zero-order valence-corrected chi connectivity index (χ0v) is 16.0. The molecule has 0 aliphatic heterocycles. The van der Waals surface area contributed by atoms with Crippen LogP contribution in [0.5, 0.6) is 5.75 Å². The quantitative estimate of drug-likeness (QED) is 0.462. The molecule has 5 rings (SSSR count). The Balaban J connectivity index is 1.92. The fourth-order valence-corrected chi connectivity index (χ4v) is 3.54. The fourth-order valence-electron chi connectivity index (χ4n) is 3.54. The zero-order chi connectivity index (χ0) is 21.4. The summed E-state index contributed by atoms with van der Waals surface area (Å²) < 4.78 is 1.50. The van der Waals surface area contributed by atoms with Crippen molar-refractivity contribution in [1.82, 2.24) is 24.8 Å². The van der Waals surface area contributed by atoms with Crippen LogP contribution < -0.4 is 0 Å². The molecule has 0 aliphatic rings. The van der Waals surface area contributed by atoms with Crippen molar-refractivity contribution in [3.63, 3.8) is 0 Å². The summed E-state index contributed by atoms with van der Waals surface area (Å²) in [5.74, 6) is -1.11. The first-order chi connectivity index (χ1) is 15.1. The molecule has 2 N–H and O–H groups in total. The zero-order valence-electron chi connectivity index (χ0n) is 16.0. The summed E-state index contributed by atoms with van der Waals surface area (Å²) >= 11 is 0. The second kappa shape index (κ2) is 7.34. The molecule has 0 saturated carbocycles. The summed E-state index contributed by atoms with van der Waals surface area (Å²) in [6.45, 7) is 0. The lowest BCUT2D eigenvalue weighted by Crippen LogP contribution is -2.10. The molecule has 0 spiro atoms. The highest BCUT2D eigenvalue weighted by Gasteiger charge is 2.25. The van der Waals surface area contributed by atoms with Gasteiger partial charge in [0.05, 0.1) is 5.56 Å². The average Bonchev–Trinajstić information content (AvgIpc) is 3.19. The van der Waals surface area contributed by atoms with Crippen LogP contribution in [0.15, 0.2) is 79.1 Å². The van der Waals surface area contributed by atoms with E-state index in [4.69, 9.17) is 5.10 Å². The van der Waals surface area contributed by atoms with E-state index in [2.05, 4.69) is 15.2 Å². The van der Waals surface area contributed by atoms with Gasteiger partial charge in [-0.1, -0.05) is 42.5 Å². The molecule has 3 aromatic heterocycles. The van der Waals surface area contributed by atoms with Crippen molar-refractivity contribution >= 4 is 11.6 Å². The molecule has 8 nitrogen and oxygen atoms in total. The SMILES string of the molecule is O=C(O)c1nnc2c(-c3cccc(O)c3)c(-c3ccncc3)nn2c1-c1ccccc1. The number of hydrogen-bond donors (Lipinski definition) is 2. The molecule has 5 aromatic rings. The van der Waals surface area contributed by atoms with Crippen LogP contribution in [0.3, 0.4) is 0 Å². The van der Waals surface area contributed by atoms with Gasteiger partial charge in [0, 0.05) is 23.5 Å². The topological polar surface area (TPSA) is 114 Å². The van der Waals surface area contributed by atoms with Crippen molar-refractivity contribution in [2.45, 2.75) is 0 Å². The van der Waals surface area contributed by atoms with E-state index in [1.807, 2.05) is 36.4 Å². The minimum atomic E-state index is -1.20. The minimum Gasteiger partial charge on any atom is -0.508 e. The third-order valence-electron chi connectivity index (χ3n) is 4.88. The Hall–Kier alpha value is -4.59. The Morgan fingerprint density at radius 3 is 2.29 bits per heavy atom. The Labute approximate surface area is 176 Å². The van der Waals surface area contributed by atoms with Crippen molar-refractivity contribution < 1.29 is 15.0 Å². The predicted molar refractivity (Wildman–Crippen MR) is 114 cm³/mol. The summed E-state index contributed by atoms with van der Waals surface area (Å²) in [6.07, 6.45) is 3.30. The van der Waals surface area contributed by atoms with Crippen molar-refractivity contribution in [1.29, 1.82) is 0 Å². The summed E-state index contributed by atoms with van der Waals surface area (Å²) in [5.41, 5.74) is 3.79. The van der Waals surface area contributed by atoms with E-state index in [0.29, 0.717) is 33.7 Å². The van der Waals surface area contributed by atoms with Gasteiger partial charge in [-0.25, -0.2) is 9.31 Å². The summed E-state index contributed by atoms with van der Waals surface area (Å²) in [7, 11) is 0. The molecule has 3 heterocycles. The maximum absolute atomic E-state index is 11.9. The van der Waals surface area contributed by atoms with E-state index in [-0.39, 0.29) is 11.4 Å². The molecule has 0 aliphatic carbocycles. The fraction of sp³-hybridized carbons (Fsp3) is 0. The molecule has 0 bridgehead atoms. The lowest BCUT2D eigenvalue weighted by molar-refractivity contribution is 0.0689. The maximum atomic E-state index is 11.9. The highest BCUT2D eigenvalue weighted by atomic mass is 16.4. The van der Waals surface area contributed by atoms with E-state index < -0.39 is 5.97 Å². The van der Waals surface area contributed by atoms with Gasteiger partial charge in [-0.2, -0.15) is 5.10 Å². The third-order valence-corrected chi connectivity index (χ3v) is 4.88. The molecule has 0 amide bonds. The number of carbonyl (C=O) groups is 1. The Kier molecular flexibility index (Phi) is 4.37. The van der Waals surface area contributed by atoms with Gasteiger partial charge in [0.15, 0.2) is 11.3 Å². The van der Waals surface area contributed by atoms with Crippen LogP contribution in [0.25, 0.3) is 39.3 Å². The van der Waals surface area contributed by atoms with Crippen LogP contribution in [-0.4, -0.2) is 41.0 Å². The van der Waals surface area contributed by atoms with Gasteiger partial charge in [-0.05, 0) is 29.8 Å². The first kappa shape index (κ1) is 18.4.